The standard InChI is InChI=1S/C21H21N5O2S/c1-14-17(23-21(27-14)18-6-4-12-29-18)13-26-10-7-15(8-11-26)20-24-19(25-28-20)16-5-2-3-9-22-16/h2-6,9,12,15H,7-8,10-11,13H2,1H3. The molecule has 1 saturated heterocycles. The second-order valence-electron chi connectivity index (χ2n) is 7.22. The number of aryl methyl sites for hydroxylation is 1. The molecule has 0 N–H and O–H groups in total. The zero-order chi connectivity index (χ0) is 19.6. The smallest absolute Gasteiger partial charge is 0.236 e. The summed E-state index contributed by atoms with van der Waals surface area (Å²) >= 11 is 1.64. The van der Waals surface area contributed by atoms with Crippen LogP contribution in [0.3, 0.4) is 0 Å². The SMILES string of the molecule is Cc1oc(-c2cccs2)nc1CN1CCC(c2nc(-c3ccccn3)no2)CC1. The molecular weight excluding hydrogens is 386 g/mol. The molecule has 29 heavy (non-hydrogen) atoms. The summed E-state index contributed by atoms with van der Waals surface area (Å²) in [6.45, 7) is 4.72. The van der Waals surface area contributed by atoms with Crippen LogP contribution in [0.2, 0.25) is 0 Å². The Bertz CT molecular complexity index is 1070. The molecule has 0 aromatic carbocycles. The predicted octanol–water partition coefficient (Wildman–Crippen LogP) is 4.54. The molecule has 5 heterocycles. The molecule has 0 bridgehead atoms. The van der Waals surface area contributed by atoms with Crippen LogP contribution < -0.4 is 0 Å². The molecule has 7 nitrogen and oxygen atoms in total. The quantitative estimate of drug-likeness (QED) is 0.480. The molecule has 0 atom stereocenters. The van der Waals surface area contributed by atoms with E-state index >= 15 is 0 Å². The molecule has 1 aliphatic rings. The Hall–Kier alpha value is -2.84. The molecule has 0 aliphatic carbocycles. The largest absolute Gasteiger partial charge is 0.440 e. The fraction of sp³-hybridized carbons (Fsp3) is 0.333. The Labute approximate surface area is 172 Å². The van der Waals surface area contributed by atoms with Crippen LogP contribution in [0.15, 0.2) is 50.8 Å². The van der Waals surface area contributed by atoms with Crippen molar-refractivity contribution in [2.45, 2.75) is 32.2 Å². The normalized spacial score (nSPS) is 15.8. The van der Waals surface area contributed by atoms with Gasteiger partial charge in [0, 0.05) is 18.7 Å². The molecule has 8 heteroatoms. The number of hydrogen-bond donors (Lipinski definition) is 0. The fourth-order valence-electron chi connectivity index (χ4n) is 3.63. The van der Waals surface area contributed by atoms with Crippen molar-refractivity contribution in [3.63, 3.8) is 0 Å². The predicted molar refractivity (Wildman–Crippen MR) is 109 cm³/mol. The van der Waals surface area contributed by atoms with Crippen molar-refractivity contribution in [3.8, 4) is 22.3 Å². The van der Waals surface area contributed by atoms with Crippen molar-refractivity contribution >= 4 is 11.3 Å². The van der Waals surface area contributed by atoms with E-state index in [1.54, 1.807) is 17.5 Å². The first-order valence-corrected chi connectivity index (χ1v) is 10.6. The van der Waals surface area contributed by atoms with Gasteiger partial charge in [-0.3, -0.25) is 9.88 Å². The molecule has 0 spiro atoms. The molecule has 5 rings (SSSR count). The summed E-state index contributed by atoms with van der Waals surface area (Å²) in [6.07, 6.45) is 3.71. The van der Waals surface area contributed by atoms with Gasteiger partial charge in [-0.25, -0.2) is 4.98 Å². The summed E-state index contributed by atoms with van der Waals surface area (Å²) in [4.78, 5) is 17.1. The first kappa shape index (κ1) is 18.2. The zero-order valence-corrected chi connectivity index (χ0v) is 16.9. The second-order valence-corrected chi connectivity index (χ2v) is 8.17. The maximum atomic E-state index is 5.87. The van der Waals surface area contributed by atoms with Gasteiger partial charge >= 0.3 is 0 Å². The molecule has 4 aromatic rings. The number of aromatic nitrogens is 4. The third-order valence-corrected chi connectivity index (χ3v) is 6.13. The van der Waals surface area contributed by atoms with Gasteiger partial charge in [-0.15, -0.1) is 11.3 Å². The molecule has 0 radical (unpaired) electrons. The lowest BCUT2D eigenvalue weighted by Gasteiger charge is -2.29. The summed E-state index contributed by atoms with van der Waals surface area (Å²) in [5.74, 6) is 3.17. The monoisotopic (exact) mass is 407 g/mol. The lowest BCUT2D eigenvalue weighted by molar-refractivity contribution is 0.185. The molecule has 1 aliphatic heterocycles. The van der Waals surface area contributed by atoms with E-state index in [-0.39, 0.29) is 5.92 Å². The van der Waals surface area contributed by atoms with Gasteiger partial charge in [-0.05, 0) is 56.4 Å². The van der Waals surface area contributed by atoms with Gasteiger partial charge < -0.3 is 8.94 Å². The Morgan fingerprint density at radius 2 is 2.03 bits per heavy atom. The summed E-state index contributed by atoms with van der Waals surface area (Å²) in [6, 6.07) is 9.74. The van der Waals surface area contributed by atoms with Crippen molar-refractivity contribution in [2.75, 3.05) is 13.1 Å². The van der Waals surface area contributed by atoms with E-state index in [1.807, 2.05) is 42.6 Å². The lowest BCUT2D eigenvalue weighted by atomic mass is 9.96. The average molecular weight is 407 g/mol. The first-order chi connectivity index (χ1) is 14.3. The number of nitrogens with zero attached hydrogens (tertiary/aromatic N) is 5. The average Bonchev–Trinajstić information content (AvgIpc) is 3.51. The molecule has 0 amide bonds. The minimum absolute atomic E-state index is 0.288. The van der Waals surface area contributed by atoms with E-state index < -0.39 is 0 Å². The number of pyridine rings is 1. The number of piperidine rings is 1. The van der Waals surface area contributed by atoms with Gasteiger partial charge in [0.2, 0.25) is 17.6 Å². The third kappa shape index (κ3) is 3.86. The van der Waals surface area contributed by atoms with Crippen molar-refractivity contribution in [1.29, 1.82) is 0 Å². The van der Waals surface area contributed by atoms with Crippen LogP contribution in [0.1, 0.15) is 36.1 Å². The van der Waals surface area contributed by atoms with E-state index in [1.165, 1.54) is 0 Å². The summed E-state index contributed by atoms with van der Waals surface area (Å²) < 4.78 is 11.4. The van der Waals surface area contributed by atoms with Crippen LogP contribution in [0.4, 0.5) is 0 Å². The van der Waals surface area contributed by atoms with Crippen LogP contribution in [0, 0.1) is 6.92 Å². The Morgan fingerprint density at radius 3 is 2.79 bits per heavy atom. The van der Waals surface area contributed by atoms with Crippen molar-refractivity contribution in [1.82, 2.24) is 25.0 Å². The highest BCUT2D eigenvalue weighted by Gasteiger charge is 2.26. The molecule has 148 valence electrons. The Morgan fingerprint density at radius 1 is 1.14 bits per heavy atom. The first-order valence-electron chi connectivity index (χ1n) is 9.74. The van der Waals surface area contributed by atoms with Gasteiger partial charge in [0.1, 0.15) is 11.5 Å². The number of rotatable bonds is 5. The number of oxazole rings is 1. The van der Waals surface area contributed by atoms with Crippen LogP contribution in [0.25, 0.3) is 22.3 Å². The van der Waals surface area contributed by atoms with E-state index in [0.717, 1.165) is 60.4 Å². The molecule has 0 unspecified atom stereocenters. The van der Waals surface area contributed by atoms with Gasteiger partial charge in [0.15, 0.2) is 0 Å². The van der Waals surface area contributed by atoms with E-state index in [4.69, 9.17) is 13.9 Å². The van der Waals surface area contributed by atoms with Crippen LogP contribution in [-0.2, 0) is 6.54 Å². The number of thiophene rings is 1. The minimum atomic E-state index is 0.288. The number of likely N-dealkylation sites (tertiary alicyclic amines) is 1. The van der Waals surface area contributed by atoms with Gasteiger partial charge in [0.05, 0.1) is 10.6 Å². The summed E-state index contributed by atoms with van der Waals surface area (Å²) in [5, 5.41) is 6.14. The van der Waals surface area contributed by atoms with E-state index in [0.29, 0.717) is 11.7 Å². The highest BCUT2D eigenvalue weighted by Crippen LogP contribution is 2.30. The minimum Gasteiger partial charge on any atom is -0.440 e. The van der Waals surface area contributed by atoms with E-state index in [9.17, 15) is 0 Å². The van der Waals surface area contributed by atoms with Crippen molar-refractivity contribution in [3.05, 3.63) is 59.3 Å². The lowest BCUT2D eigenvalue weighted by Crippen LogP contribution is -2.32. The summed E-state index contributed by atoms with van der Waals surface area (Å²) in [5.41, 5.74) is 1.75. The van der Waals surface area contributed by atoms with Gasteiger partial charge in [0.25, 0.3) is 0 Å². The van der Waals surface area contributed by atoms with E-state index in [2.05, 4.69) is 20.0 Å². The fourth-order valence-corrected chi connectivity index (χ4v) is 4.28. The maximum Gasteiger partial charge on any atom is 0.236 e. The third-order valence-electron chi connectivity index (χ3n) is 5.27. The second kappa shape index (κ2) is 7.88. The highest BCUT2D eigenvalue weighted by atomic mass is 32.1. The molecule has 0 saturated carbocycles. The van der Waals surface area contributed by atoms with Crippen LogP contribution >= 0.6 is 11.3 Å². The van der Waals surface area contributed by atoms with Crippen molar-refractivity contribution in [2.24, 2.45) is 0 Å². The molecule has 1 fully saturated rings. The Kier molecular flexibility index (Phi) is 4.95. The number of hydrogen-bond acceptors (Lipinski definition) is 8. The Balaban J connectivity index is 1.21. The highest BCUT2D eigenvalue weighted by molar-refractivity contribution is 7.13. The topological polar surface area (TPSA) is 81.1 Å². The summed E-state index contributed by atoms with van der Waals surface area (Å²) in [7, 11) is 0. The van der Waals surface area contributed by atoms with Gasteiger partial charge in [-0.2, -0.15) is 4.98 Å². The zero-order valence-electron chi connectivity index (χ0n) is 16.1. The van der Waals surface area contributed by atoms with Crippen LogP contribution in [-0.4, -0.2) is 38.1 Å². The van der Waals surface area contributed by atoms with Crippen LogP contribution in [0.5, 0.6) is 0 Å². The van der Waals surface area contributed by atoms with Crippen molar-refractivity contribution < 1.29 is 8.94 Å². The maximum absolute atomic E-state index is 5.87. The molecule has 4 aromatic heterocycles. The van der Waals surface area contributed by atoms with Gasteiger partial charge in [-0.1, -0.05) is 17.3 Å². The molecular formula is C21H21N5O2S.